The lowest BCUT2D eigenvalue weighted by molar-refractivity contribution is -0.149. The molecular formula is C9H19NO2S. The van der Waals surface area contributed by atoms with Gasteiger partial charge in [-0.25, -0.2) is 0 Å². The fourth-order valence-electron chi connectivity index (χ4n) is 1.06. The van der Waals surface area contributed by atoms with E-state index in [0.717, 1.165) is 0 Å². The molecule has 0 aliphatic heterocycles. The van der Waals surface area contributed by atoms with Gasteiger partial charge in [-0.2, -0.15) is 11.8 Å². The molecule has 4 heteroatoms. The van der Waals surface area contributed by atoms with E-state index in [-0.39, 0.29) is 5.97 Å². The number of carbonyl (C=O) groups is 1. The van der Waals surface area contributed by atoms with E-state index in [4.69, 9.17) is 10.5 Å². The number of nitrogens with two attached hydrogens (primary N) is 1. The van der Waals surface area contributed by atoms with Crippen LogP contribution in [0.3, 0.4) is 0 Å². The topological polar surface area (TPSA) is 52.3 Å². The maximum Gasteiger partial charge on any atom is 0.325 e. The zero-order chi connectivity index (χ0) is 10.5. The summed E-state index contributed by atoms with van der Waals surface area (Å²) in [5, 5.41) is 0.374. The summed E-state index contributed by atoms with van der Waals surface area (Å²) in [5.74, 6) is -0.309. The van der Waals surface area contributed by atoms with E-state index in [9.17, 15) is 4.79 Å². The monoisotopic (exact) mass is 205 g/mol. The summed E-state index contributed by atoms with van der Waals surface area (Å²) in [6.45, 7) is 5.94. The van der Waals surface area contributed by atoms with E-state index >= 15 is 0 Å². The van der Waals surface area contributed by atoms with E-state index in [1.54, 1.807) is 25.6 Å². The summed E-state index contributed by atoms with van der Waals surface area (Å²) in [6.07, 6.45) is 2.65. The molecule has 0 aliphatic carbocycles. The standard InChI is InChI=1S/C9H19NO2S/c1-5-12-8(11)9(3,10)6-7(2)13-4/h7H,5-6,10H2,1-4H3. The first-order valence-corrected chi connectivity index (χ1v) is 5.71. The van der Waals surface area contributed by atoms with Crippen LogP contribution in [0.15, 0.2) is 0 Å². The quantitative estimate of drug-likeness (QED) is 0.689. The normalized spacial score (nSPS) is 17.6. The van der Waals surface area contributed by atoms with Gasteiger partial charge in [-0.05, 0) is 26.5 Å². The van der Waals surface area contributed by atoms with Crippen molar-refractivity contribution in [3.63, 3.8) is 0 Å². The van der Waals surface area contributed by atoms with Crippen LogP contribution in [0.5, 0.6) is 0 Å². The summed E-state index contributed by atoms with van der Waals surface area (Å²) in [5.41, 5.74) is 4.99. The van der Waals surface area contributed by atoms with Crippen LogP contribution in [0.4, 0.5) is 0 Å². The van der Waals surface area contributed by atoms with Crippen molar-refractivity contribution in [1.82, 2.24) is 0 Å². The Bertz CT molecular complexity index is 171. The minimum Gasteiger partial charge on any atom is -0.465 e. The third-order valence-corrected chi connectivity index (χ3v) is 2.83. The highest BCUT2D eigenvalue weighted by Gasteiger charge is 2.31. The van der Waals surface area contributed by atoms with Crippen molar-refractivity contribution in [2.75, 3.05) is 12.9 Å². The number of hydrogen-bond acceptors (Lipinski definition) is 4. The highest BCUT2D eigenvalue weighted by atomic mass is 32.2. The van der Waals surface area contributed by atoms with Crippen LogP contribution in [0.25, 0.3) is 0 Å². The second kappa shape index (κ2) is 5.50. The first-order valence-electron chi connectivity index (χ1n) is 4.43. The first-order chi connectivity index (χ1) is 5.94. The van der Waals surface area contributed by atoms with Gasteiger partial charge in [0.05, 0.1) is 6.61 Å². The number of thioether (sulfide) groups is 1. The van der Waals surface area contributed by atoms with E-state index in [0.29, 0.717) is 18.3 Å². The zero-order valence-corrected chi connectivity index (χ0v) is 9.61. The van der Waals surface area contributed by atoms with Gasteiger partial charge < -0.3 is 10.5 Å². The predicted octanol–water partition coefficient (Wildman–Crippen LogP) is 1.41. The van der Waals surface area contributed by atoms with Crippen LogP contribution in [-0.4, -0.2) is 29.6 Å². The molecule has 0 aromatic heterocycles. The molecular weight excluding hydrogens is 186 g/mol. The lowest BCUT2D eigenvalue weighted by Gasteiger charge is -2.24. The van der Waals surface area contributed by atoms with E-state index in [1.807, 2.05) is 6.26 Å². The van der Waals surface area contributed by atoms with Gasteiger partial charge in [-0.15, -0.1) is 0 Å². The molecule has 0 saturated carbocycles. The van der Waals surface area contributed by atoms with Crippen molar-refractivity contribution in [2.45, 2.75) is 38.0 Å². The maximum absolute atomic E-state index is 11.4. The molecule has 0 saturated heterocycles. The fraction of sp³-hybridized carbons (Fsp3) is 0.889. The summed E-state index contributed by atoms with van der Waals surface area (Å²) in [7, 11) is 0. The molecule has 0 aromatic rings. The van der Waals surface area contributed by atoms with Gasteiger partial charge in [-0.1, -0.05) is 6.92 Å². The van der Waals surface area contributed by atoms with Crippen LogP contribution >= 0.6 is 11.8 Å². The minimum atomic E-state index is -0.849. The molecule has 2 unspecified atom stereocenters. The van der Waals surface area contributed by atoms with Crippen molar-refractivity contribution in [3.05, 3.63) is 0 Å². The molecule has 0 amide bonds. The largest absolute Gasteiger partial charge is 0.465 e. The summed E-state index contributed by atoms with van der Waals surface area (Å²) >= 11 is 1.70. The van der Waals surface area contributed by atoms with Gasteiger partial charge in [0.2, 0.25) is 0 Å². The molecule has 78 valence electrons. The van der Waals surface area contributed by atoms with Crippen molar-refractivity contribution >= 4 is 17.7 Å². The Morgan fingerprint density at radius 1 is 1.69 bits per heavy atom. The average Bonchev–Trinajstić information content (AvgIpc) is 2.04. The Balaban J connectivity index is 4.13. The van der Waals surface area contributed by atoms with Gasteiger partial charge in [0.1, 0.15) is 5.54 Å². The average molecular weight is 205 g/mol. The molecule has 0 bridgehead atoms. The zero-order valence-electron chi connectivity index (χ0n) is 8.79. The molecule has 0 aliphatic rings. The van der Waals surface area contributed by atoms with Crippen LogP contribution < -0.4 is 5.73 Å². The molecule has 0 spiro atoms. The van der Waals surface area contributed by atoms with Crippen molar-refractivity contribution < 1.29 is 9.53 Å². The number of hydrogen-bond donors (Lipinski definition) is 1. The van der Waals surface area contributed by atoms with E-state index in [1.165, 1.54) is 0 Å². The Kier molecular flexibility index (Phi) is 5.40. The highest BCUT2D eigenvalue weighted by molar-refractivity contribution is 7.99. The first kappa shape index (κ1) is 12.8. The number of rotatable bonds is 5. The third-order valence-electron chi connectivity index (χ3n) is 1.86. The number of esters is 1. The third kappa shape index (κ3) is 4.52. The van der Waals surface area contributed by atoms with Gasteiger partial charge in [0, 0.05) is 5.25 Å². The van der Waals surface area contributed by atoms with E-state index < -0.39 is 5.54 Å². The summed E-state index contributed by atoms with van der Waals surface area (Å²) < 4.78 is 4.88. The second-order valence-corrected chi connectivity index (χ2v) is 4.66. The van der Waals surface area contributed by atoms with Gasteiger partial charge in [-0.3, -0.25) is 4.79 Å². The van der Waals surface area contributed by atoms with Gasteiger partial charge >= 0.3 is 5.97 Å². The fourth-order valence-corrected chi connectivity index (χ4v) is 1.57. The van der Waals surface area contributed by atoms with Gasteiger partial charge in [0.15, 0.2) is 0 Å². The number of ether oxygens (including phenoxy) is 1. The van der Waals surface area contributed by atoms with Crippen LogP contribution in [-0.2, 0) is 9.53 Å². The number of carbonyl (C=O) groups excluding carboxylic acids is 1. The lowest BCUT2D eigenvalue weighted by atomic mass is 9.98. The molecule has 13 heavy (non-hydrogen) atoms. The summed E-state index contributed by atoms with van der Waals surface area (Å²) in [4.78, 5) is 11.4. The second-order valence-electron chi connectivity index (χ2n) is 3.39. The van der Waals surface area contributed by atoms with Crippen LogP contribution in [0, 0.1) is 0 Å². The molecule has 0 heterocycles. The van der Waals surface area contributed by atoms with Crippen LogP contribution in [0.1, 0.15) is 27.2 Å². The van der Waals surface area contributed by atoms with Crippen molar-refractivity contribution in [3.8, 4) is 0 Å². The van der Waals surface area contributed by atoms with Crippen molar-refractivity contribution in [2.24, 2.45) is 5.73 Å². The molecule has 0 rings (SSSR count). The molecule has 2 atom stereocenters. The Morgan fingerprint density at radius 3 is 2.62 bits per heavy atom. The molecule has 0 aromatic carbocycles. The molecule has 0 radical (unpaired) electrons. The SMILES string of the molecule is CCOC(=O)C(C)(N)CC(C)SC. The Hall–Kier alpha value is -0.220. The van der Waals surface area contributed by atoms with Crippen molar-refractivity contribution in [1.29, 1.82) is 0 Å². The lowest BCUT2D eigenvalue weighted by Crippen LogP contribution is -2.47. The highest BCUT2D eigenvalue weighted by Crippen LogP contribution is 2.18. The maximum atomic E-state index is 11.4. The Morgan fingerprint density at radius 2 is 2.23 bits per heavy atom. The molecule has 0 fully saturated rings. The van der Waals surface area contributed by atoms with Gasteiger partial charge in [0.25, 0.3) is 0 Å². The molecule has 2 N–H and O–H groups in total. The molecule has 3 nitrogen and oxygen atoms in total. The van der Waals surface area contributed by atoms with E-state index in [2.05, 4.69) is 6.92 Å². The smallest absolute Gasteiger partial charge is 0.325 e. The summed E-state index contributed by atoms with van der Waals surface area (Å²) in [6, 6.07) is 0. The Labute approximate surface area is 84.4 Å². The minimum absolute atomic E-state index is 0.309. The van der Waals surface area contributed by atoms with Crippen LogP contribution in [0.2, 0.25) is 0 Å². The predicted molar refractivity (Wildman–Crippen MR) is 56.8 cm³/mol.